The fourth-order valence-corrected chi connectivity index (χ4v) is 3.27. The number of nitrogens with one attached hydrogen (secondary N) is 1. The van der Waals surface area contributed by atoms with Crippen molar-refractivity contribution in [3.05, 3.63) is 60.0 Å². The highest BCUT2D eigenvalue weighted by molar-refractivity contribution is 6.21. The molecule has 7 heteroatoms. The van der Waals surface area contributed by atoms with Crippen LogP contribution in [0.5, 0.6) is 0 Å². The van der Waals surface area contributed by atoms with Crippen LogP contribution in [0.3, 0.4) is 0 Å². The van der Waals surface area contributed by atoms with E-state index >= 15 is 0 Å². The molecular weight excluding hydrogens is 344 g/mol. The Morgan fingerprint density at radius 1 is 1.11 bits per heavy atom. The Labute approximate surface area is 155 Å². The van der Waals surface area contributed by atoms with Crippen molar-refractivity contribution >= 4 is 34.7 Å². The van der Waals surface area contributed by atoms with Gasteiger partial charge < -0.3 is 9.72 Å². The van der Waals surface area contributed by atoms with Gasteiger partial charge >= 0.3 is 0 Å². The molecule has 7 nitrogen and oxygen atoms in total. The molecular formula is C20H18N4O3. The minimum absolute atomic E-state index is 0.0946. The van der Waals surface area contributed by atoms with E-state index < -0.39 is 0 Å². The maximum Gasteiger partial charge on any atom is 0.234 e. The molecule has 3 aromatic rings. The predicted molar refractivity (Wildman–Crippen MR) is 100 cm³/mol. The maximum atomic E-state index is 12.5. The van der Waals surface area contributed by atoms with Crippen molar-refractivity contribution in [2.75, 3.05) is 10.2 Å². The van der Waals surface area contributed by atoms with E-state index in [1.807, 2.05) is 35.9 Å². The number of anilines is 2. The van der Waals surface area contributed by atoms with Crippen molar-refractivity contribution in [2.24, 2.45) is 0 Å². The van der Waals surface area contributed by atoms with E-state index in [9.17, 15) is 14.4 Å². The normalized spacial score (nSPS) is 14.2. The van der Waals surface area contributed by atoms with Crippen molar-refractivity contribution in [1.82, 2.24) is 9.38 Å². The summed E-state index contributed by atoms with van der Waals surface area (Å²) in [6, 6.07) is 10.7. The number of carbonyl (C=O) groups excluding carboxylic acids is 3. The summed E-state index contributed by atoms with van der Waals surface area (Å²) in [5.74, 6) is -0.766. The minimum atomic E-state index is -0.261. The highest BCUT2D eigenvalue weighted by Crippen LogP contribution is 2.30. The molecule has 1 saturated heterocycles. The standard InChI is InChI=1S/C20H18N4O3/c1-13-5-4-10-23-12-14(21-20(13)23)11-17(25)22-15-6-2-3-7-16(15)24-18(26)8-9-19(24)27/h2-7,10,12H,8-9,11H2,1H3,(H,22,25). The zero-order valence-electron chi connectivity index (χ0n) is 14.8. The number of aryl methyl sites for hydroxylation is 1. The molecule has 1 aromatic carbocycles. The van der Waals surface area contributed by atoms with Crippen molar-refractivity contribution in [3.63, 3.8) is 0 Å². The number of rotatable bonds is 4. The number of aromatic nitrogens is 2. The number of nitrogens with zero attached hydrogens (tertiary/aromatic N) is 3. The van der Waals surface area contributed by atoms with Crippen LogP contribution in [0.4, 0.5) is 11.4 Å². The molecule has 4 rings (SSSR count). The molecule has 0 radical (unpaired) electrons. The summed E-state index contributed by atoms with van der Waals surface area (Å²) in [4.78, 5) is 42.2. The first-order valence-electron chi connectivity index (χ1n) is 8.71. The molecule has 3 heterocycles. The van der Waals surface area contributed by atoms with Crippen LogP contribution in [0.1, 0.15) is 24.1 Å². The molecule has 3 amide bonds. The van der Waals surface area contributed by atoms with E-state index in [0.29, 0.717) is 17.1 Å². The molecule has 2 aromatic heterocycles. The third kappa shape index (κ3) is 3.19. The summed E-state index contributed by atoms with van der Waals surface area (Å²) < 4.78 is 1.88. The molecule has 0 unspecified atom stereocenters. The van der Waals surface area contributed by atoms with E-state index in [-0.39, 0.29) is 37.0 Å². The number of imidazole rings is 1. The van der Waals surface area contributed by atoms with Crippen LogP contribution in [0.15, 0.2) is 48.8 Å². The largest absolute Gasteiger partial charge is 0.324 e. The minimum Gasteiger partial charge on any atom is -0.324 e. The van der Waals surface area contributed by atoms with Crippen molar-refractivity contribution in [3.8, 4) is 0 Å². The molecule has 27 heavy (non-hydrogen) atoms. The Bertz CT molecular complexity index is 1050. The average molecular weight is 362 g/mol. The number of benzene rings is 1. The Balaban J connectivity index is 1.55. The Hall–Kier alpha value is -3.48. The molecule has 0 bridgehead atoms. The van der Waals surface area contributed by atoms with Crippen LogP contribution >= 0.6 is 0 Å². The molecule has 0 saturated carbocycles. The first kappa shape index (κ1) is 17.0. The van der Waals surface area contributed by atoms with Gasteiger partial charge in [-0.2, -0.15) is 0 Å². The Morgan fingerprint density at radius 2 is 1.85 bits per heavy atom. The number of fused-ring (bicyclic) bond motifs is 1. The highest BCUT2D eigenvalue weighted by Gasteiger charge is 2.31. The molecule has 0 atom stereocenters. The smallest absolute Gasteiger partial charge is 0.234 e. The van der Waals surface area contributed by atoms with Gasteiger partial charge in [-0.05, 0) is 30.7 Å². The summed E-state index contributed by atoms with van der Waals surface area (Å²) in [7, 11) is 0. The van der Waals surface area contributed by atoms with Gasteiger partial charge in [0.15, 0.2) is 0 Å². The second kappa shape index (κ2) is 6.68. The van der Waals surface area contributed by atoms with Gasteiger partial charge in [0.05, 0.1) is 23.5 Å². The first-order chi connectivity index (χ1) is 13.0. The zero-order valence-corrected chi connectivity index (χ0v) is 14.8. The summed E-state index contributed by atoms with van der Waals surface area (Å²) in [5, 5.41) is 2.80. The molecule has 136 valence electrons. The molecule has 1 fully saturated rings. The van der Waals surface area contributed by atoms with Gasteiger partial charge in [-0.15, -0.1) is 0 Å². The first-order valence-corrected chi connectivity index (χ1v) is 8.71. The third-order valence-electron chi connectivity index (χ3n) is 4.54. The summed E-state index contributed by atoms with van der Waals surface area (Å²) >= 11 is 0. The quantitative estimate of drug-likeness (QED) is 0.723. The van der Waals surface area contributed by atoms with Gasteiger partial charge in [0.1, 0.15) is 5.65 Å². The number of imide groups is 1. The maximum absolute atomic E-state index is 12.5. The second-order valence-electron chi connectivity index (χ2n) is 6.52. The van der Waals surface area contributed by atoms with Gasteiger partial charge in [0.25, 0.3) is 0 Å². The van der Waals surface area contributed by atoms with E-state index in [2.05, 4.69) is 10.3 Å². The number of hydrogen-bond donors (Lipinski definition) is 1. The molecule has 1 aliphatic heterocycles. The van der Waals surface area contributed by atoms with Crippen molar-refractivity contribution in [1.29, 1.82) is 0 Å². The lowest BCUT2D eigenvalue weighted by molar-refractivity contribution is -0.121. The fourth-order valence-electron chi connectivity index (χ4n) is 3.27. The number of pyridine rings is 1. The topological polar surface area (TPSA) is 83.8 Å². The van der Waals surface area contributed by atoms with E-state index in [0.717, 1.165) is 16.1 Å². The SMILES string of the molecule is Cc1cccn2cc(CC(=O)Nc3ccccc3N3C(=O)CCC3=O)nc12. The average Bonchev–Trinajstić information content (AvgIpc) is 3.19. The van der Waals surface area contributed by atoms with Gasteiger partial charge in [0, 0.05) is 25.2 Å². The monoisotopic (exact) mass is 362 g/mol. The molecule has 1 aliphatic rings. The summed E-state index contributed by atoms with van der Waals surface area (Å²) in [6.07, 6.45) is 4.19. The van der Waals surface area contributed by atoms with Gasteiger partial charge in [-0.3, -0.25) is 14.4 Å². The lowest BCUT2D eigenvalue weighted by Gasteiger charge is -2.18. The van der Waals surface area contributed by atoms with E-state index in [1.165, 1.54) is 0 Å². The van der Waals surface area contributed by atoms with Crippen LogP contribution in [0.2, 0.25) is 0 Å². The molecule has 0 aliphatic carbocycles. The van der Waals surface area contributed by atoms with Gasteiger partial charge in [-0.25, -0.2) is 9.88 Å². The fraction of sp³-hybridized carbons (Fsp3) is 0.200. The molecule has 1 N–H and O–H groups in total. The van der Waals surface area contributed by atoms with Crippen LogP contribution < -0.4 is 10.2 Å². The van der Waals surface area contributed by atoms with Gasteiger partial charge in [0.2, 0.25) is 17.7 Å². The predicted octanol–water partition coefficient (Wildman–Crippen LogP) is 2.48. The third-order valence-corrected chi connectivity index (χ3v) is 4.54. The van der Waals surface area contributed by atoms with Crippen molar-refractivity contribution in [2.45, 2.75) is 26.2 Å². The lowest BCUT2D eigenvalue weighted by Crippen LogP contribution is -2.30. The zero-order chi connectivity index (χ0) is 19.0. The van der Waals surface area contributed by atoms with Gasteiger partial charge in [-0.1, -0.05) is 18.2 Å². The van der Waals surface area contributed by atoms with E-state index in [1.54, 1.807) is 24.3 Å². The highest BCUT2D eigenvalue weighted by atomic mass is 16.2. The van der Waals surface area contributed by atoms with Crippen LogP contribution in [-0.2, 0) is 20.8 Å². The number of para-hydroxylation sites is 2. The Kier molecular flexibility index (Phi) is 4.19. The summed E-state index contributed by atoms with van der Waals surface area (Å²) in [5.41, 5.74) is 3.33. The number of carbonyl (C=O) groups is 3. The summed E-state index contributed by atoms with van der Waals surface area (Å²) in [6.45, 7) is 1.96. The number of amides is 3. The number of hydrogen-bond acceptors (Lipinski definition) is 4. The Morgan fingerprint density at radius 3 is 2.59 bits per heavy atom. The van der Waals surface area contributed by atoms with E-state index in [4.69, 9.17) is 0 Å². The lowest BCUT2D eigenvalue weighted by atomic mass is 10.2. The second-order valence-corrected chi connectivity index (χ2v) is 6.52. The van der Waals surface area contributed by atoms with Crippen LogP contribution in [0.25, 0.3) is 5.65 Å². The van der Waals surface area contributed by atoms with Crippen LogP contribution in [0, 0.1) is 6.92 Å². The van der Waals surface area contributed by atoms with Crippen LogP contribution in [-0.4, -0.2) is 27.1 Å². The molecule has 0 spiro atoms. The van der Waals surface area contributed by atoms with Crippen molar-refractivity contribution < 1.29 is 14.4 Å².